The van der Waals surface area contributed by atoms with Gasteiger partial charge in [0.15, 0.2) is 11.5 Å². The maximum absolute atomic E-state index is 13.0. The third-order valence-corrected chi connectivity index (χ3v) is 3.91. The molecule has 1 amide bonds. The molecule has 3 aromatic rings. The number of aromatic nitrogens is 2. The van der Waals surface area contributed by atoms with Gasteiger partial charge in [-0.2, -0.15) is 18.3 Å². The molecule has 3 rings (SSSR count). The average molecular weight is 403 g/mol. The van der Waals surface area contributed by atoms with Crippen molar-refractivity contribution < 1.29 is 27.2 Å². The van der Waals surface area contributed by atoms with E-state index in [4.69, 9.17) is 4.42 Å². The molecule has 1 aromatic carbocycles. The van der Waals surface area contributed by atoms with Crippen LogP contribution in [0.1, 0.15) is 34.4 Å². The zero-order chi connectivity index (χ0) is 21.0. The number of carbonyl (C=O) groups excluding carboxylic acids is 2. The van der Waals surface area contributed by atoms with Crippen LogP contribution in [0.5, 0.6) is 0 Å². The largest absolute Gasteiger partial charge is 0.456 e. The summed E-state index contributed by atoms with van der Waals surface area (Å²) in [6.45, 7) is 1.64. The number of halogens is 3. The van der Waals surface area contributed by atoms with Gasteiger partial charge in [-0.05, 0) is 29.8 Å². The summed E-state index contributed by atoms with van der Waals surface area (Å²) in [4.78, 5) is 23.3. The summed E-state index contributed by atoms with van der Waals surface area (Å²) in [7, 11) is 0. The van der Waals surface area contributed by atoms with Gasteiger partial charge in [-0.3, -0.25) is 14.3 Å². The molecule has 0 aliphatic rings. The van der Waals surface area contributed by atoms with Crippen molar-refractivity contribution in [3.05, 3.63) is 77.5 Å². The number of benzene rings is 1. The summed E-state index contributed by atoms with van der Waals surface area (Å²) in [6.07, 6.45) is 0.546. The molecule has 0 unspecified atom stereocenters. The third-order valence-electron chi connectivity index (χ3n) is 3.91. The first-order valence-electron chi connectivity index (χ1n) is 8.50. The Morgan fingerprint density at radius 3 is 2.66 bits per heavy atom. The number of alkyl halides is 3. The molecule has 0 saturated carbocycles. The minimum Gasteiger partial charge on any atom is -0.456 e. The summed E-state index contributed by atoms with van der Waals surface area (Å²) in [5.41, 5.74) is -0.563. The summed E-state index contributed by atoms with van der Waals surface area (Å²) >= 11 is 0. The molecule has 6 nitrogen and oxygen atoms in total. The van der Waals surface area contributed by atoms with Gasteiger partial charge in [-0.15, -0.1) is 0 Å². The molecule has 0 atom stereocenters. The van der Waals surface area contributed by atoms with Crippen LogP contribution in [0.3, 0.4) is 0 Å². The third kappa shape index (κ3) is 5.22. The fraction of sp³-hybridized carbons (Fsp3) is 0.150. The van der Waals surface area contributed by atoms with Crippen LogP contribution in [0, 0.1) is 0 Å². The van der Waals surface area contributed by atoms with E-state index in [0.717, 1.165) is 18.2 Å². The molecule has 150 valence electrons. The maximum atomic E-state index is 13.0. The first-order chi connectivity index (χ1) is 13.7. The van der Waals surface area contributed by atoms with Gasteiger partial charge in [-0.1, -0.05) is 18.2 Å². The minimum absolute atomic E-state index is 0.107. The fourth-order valence-corrected chi connectivity index (χ4v) is 2.58. The fourth-order valence-electron chi connectivity index (χ4n) is 2.58. The minimum atomic E-state index is -4.51. The highest BCUT2D eigenvalue weighted by Crippen LogP contribution is 2.32. The number of amides is 1. The van der Waals surface area contributed by atoms with Gasteiger partial charge in [0.1, 0.15) is 5.76 Å². The standard InChI is InChI=1S/C20H16F3N3O3/c1-13(27)18-8-7-16(29-18)12-26-11-15(10-24-26)25-19(28)9-6-14-4-2-3-5-17(14)20(21,22)23/h2-11H,12H2,1H3,(H,25,28). The zero-order valence-corrected chi connectivity index (χ0v) is 15.2. The van der Waals surface area contributed by atoms with Crippen LogP contribution in [0.4, 0.5) is 18.9 Å². The summed E-state index contributed by atoms with van der Waals surface area (Å²) in [6, 6.07) is 8.19. The molecular formula is C20H16F3N3O3. The molecular weight excluding hydrogens is 387 g/mol. The van der Waals surface area contributed by atoms with E-state index in [9.17, 15) is 22.8 Å². The van der Waals surface area contributed by atoms with Crippen LogP contribution in [-0.4, -0.2) is 21.5 Å². The molecule has 0 aliphatic heterocycles. The molecule has 2 aromatic heterocycles. The smallest absolute Gasteiger partial charge is 0.416 e. The highest BCUT2D eigenvalue weighted by Gasteiger charge is 2.32. The molecule has 0 bridgehead atoms. The topological polar surface area (TPSA) is 77.1 Å². The number of rotatable bonds is 6. The number of furan rings is 1. The Balaban J connectivity index is 1.63. The molecule has 0 fully saturated rings. The lowest BCUT2D eigenvalue weighted by molar-refractivity contribution is -0.137. The molecule has 1 N–H and O–H groups in total. The number of hydrogen-bond acceptors (Lipinski definition) is 4. The number of carbonyl (C=O) groups is 2. The molecule has 0 radical (unpaired) electrons. The van der Waals surface area contributed by atoms with Crippen LogP contribution in [-0.2, 0) is 17.5 Å². The van der Waals surface area contributed by atoms with Gasteiger partial charge in [0.2, 0.25) is 5.91 Å². The van der Waals surface area contributed by atoms with Crippen molar-refractivity contribution in [1.29, 1.82) is 0 Å². The summed E-state index contributed by atoms with van der Waals surface area (Å²) in [5.74, 6) is -0.0354. The lowest BCUT2D eigenvalue weighted by Crippen LogP contribution is -2.09. The monoisotopic (exact) mass is 403 g/mol. The number of Topliss-reactive ketones (excluding diaryl/α,β-unsaturated/α-hetero) is 1. The molecule has 0 saturated heterocycles. The molecule has 2 heterocycles. The zero-order valence-electron chi connectivity index (χ0n) is 15.2. The lowest BCUT2D eigenvalue weighted by atomic mass is 10.1. The van der Waals surface area contributed by atoms with Crippen LogP contribution >= 0.6 is 0 Å². The van der Waals surface area contributed by atoms with Gasteiger partial charge in [0.05, 0.1) is 24.0 Å². The summed E-state index contributed by atoms with van der Waals surface area (Å²) in [5, 5.41) is 6.59. The number of ketones is 1. The van der Waals surface area contributed by atoms with E-state index < -0.39 is 17.6 Å². The predicted molar refractivity (Wildman–Crippen MR) is 99.1 cm³/mol. The van der Waals surface area contributed by atoms with Crippen molar-refractivity contribution in [2.75, 3.05) is 5.32 Å². The van der Waals surface area contributed by atoms with Crippen LogP contribution < -0.4 is 5.32 Å². The van der Waals surface area contributed by atoms with Crippen molar-refractivity contribution in [3.63, 3.8) is 0 Å². The highest BCUT2D eigenvalue weighted by molar-refractivity contribution is 6.01. The number of nitrogens with zero attached hydrogens (tertiary/aromatic N) is 2. The average Bonchev–Trinajstić information content (AvgIpc) is 3.29. The Bertz CT molecular complexity index is 1060. The second-order valence-electron chi connectivity index (χ2n) is 6.16. The first-order valence-corrected chi connectivity index (χ1v) is 8.50. The van der Waals surface area contributed by atoms with Gasteiger partial charge < -0.3 is 9.73 Å². The number of anilines is 1. The lowest BCUT2D eigenvalue weighted by Gasteiger charge is -2.09. The van der Waals surface area contributed by atoms with Crippen molar-refractivity contribution in [2.24, 2.45) is 0 Å². The Morgan fingerprint density at radius 1 is 1.21 bits per heavy atom. The highest BCUT2D eigenvalue weighted by atomic mass is 19.4. The molecule has 0 aliphatic carbocycles. The quantitative estimate of drug-likeness (QED) is 0.489. The van der Waals surface area contributed by atoms with Crippen molar-refractivity contribution in [3.8, 4) is 0 Å². The predicted octanol–water partition coefficient (Wildman–Crippen LogP) is 4.40. The van der Waals surface area contributed by atoms with E-state index in [1.807, 2.05) is 0 Å². The second kappa shape index (κ2) is 8.17. The van der Waals surface area contributed by atoms with Gasteiger partial charge in [0, 0.05) is 19.2 Å². The van der Waals surface area contributed by atoms with Crippen molar-refractivity contribution in [1.82, 2.24) is 9.78 Å². The van der Waals surface area contributed by atoms with E-state index in [1.54, 1.807) is 12.1 Å². The Kier molecular flexibility index (Phi) is 5.67. The Labute approximate surface area is 163 Å². The second-order valence-corrected chi connectivity index (χ2v) is 6.16. The molecule has 9 heteroatoms. The van der Waals surface area contributed by atoms with Gasteiger partial charge >= 0.3 is 6.18 Å². The van der Waals surface area contributed by atoms with Crippen molar-refractivity contribution in [2.45, 2.75) is 19.6 Å². The van der Waals surface area contributed by atoms with Crippen LogP contribution in [0.15, 0.2) is 59.3 Å². The van der Waals surface area contributed by atoms with E-state index >= 15 is 0 Å². The van der Waals surface area contributed by atoms with Crippen LogP contribution in [0.2, 0.25) is 0 Å². The van der Waals surface area contributed by atoms with Gasteiger partial charge in [0.25, 0.3) is 0 Å². The number of hydrogen-bond donors (Lipinski definition) is 1. The SMILES string of the molecule is CC(=O)c1ccc(Cn2cc(NC(=O)C=Cc3ccccc3C(F)(F)F)cn2)o1. The first kappa shape index (κ1) is 20.1. The van der Waals surface area contributed by atoms with Crippen LogP contribution in [0.25, 0.3) is 6.08 Å². The number of nitrogens with one attached hydrogen (secondary N) is 1. The van der Waals surface area contributed by atoms with Crippen molar-refractivity contribution >= 4 is 23.5 Å². The van der Waals surface area contributed by atoms with E-state index in [0.29, 0.717) is 11.4 Å². The van der Waals surface area contributed by atoms with E-state index in [2.05, 4.69) is 10.4 Å². The Morgan fingerprint density at radius 2 is 1.97 bits per heavy atom. The van der Waals surface area contributed by atoms with E-state index in [1.165, 1.54) is 42.2 Å². The Hall–Kier alpha value is -3.62. The summed E-state index contributed by atoms with van der Waals surface area (Å²) < 4.78 is 45.8. The normalized spacial score (nSPS) is 11.7. The molecule has 29 heavy (non-hydrogen) atoms. The maximum Gasteiger partial charge on any atom is 0.416 e. The molecule has 0 spiro atoms. The van der Waals surface area contributed by atoms with Gasteiger partial charge in [-0.25, -0.2) is 0 Å². The van der Waals surface area contributed by atoms with E-state index in [-0.39, 0.29) is 23.7 Å².